The van der Waals surface area contributed by atoms with Gasteiger partial charge in [-0.3, -0.25) is 4.79 Å². The third-order valence-electron chi connectivity index (χ3n) is 3.31. The number of halogens is 1. The van der Waals surface area contributed by atoms with Gasteiger partial charge in [0.25, 0.3) is 5.91 Å². The van der Waals surface area contributed by atoms with Crippen molar-refractivity contribution in [1.82, 2.24) is 4.57 Å². The highest BCUT2D eigenvalue weighted by atomic mass is 35.5. The van der Waals surface area contributed by atoms with Crippen LogP contribution in [-0.4, -0.2) is 10.5 Å². The lowest BCUT2D eigenvalue weighted by Gasteiger charge is -1.99. The Hall–Kier alpha value is -1.91. The van der Waals surface area contributed by atoms with Gasteiger partial charge < -0.3 is 4.57 Å². The van der Waals surface area contributed by atoms with E-state index in [-0.39, 0.29) is 5.91 Å². The first-order valence-corrected chi connectivity index (χ1v) is 7.65. The predicted octanol–water partition coefficient (Wildman–Crippen LogP) is 3.94. The van der Waals surface area contributed by atoms with Crippen LogP contribution in [0.2, 0.25) is 5.02 Å². The van der Waals surface area contributed by atoms with Crippen LogP contribution >= 0.6 is 22.9 Å². The molecule has 0 radical (unpaired) electrons. The van der Waals surface area contributed by atoms with Gasteiger partial charge in [-0.2, -0.15) is 4.99 Å². The number of carbonyl (C=O) groups excluding carboxylic acids is 1. The minimum Gasteiger partial charge on any atom is -0.319 e. The van der Waals surface area contributed by atoms with Gasteiger partial charge in [-0.25, -0.2) is 0 Å². The summed E-state index contributed by atoms with van der Waals surface area (Å²) in [7, 11) is 1.93. The Morgan fingerprint density at radius 3 is 2.57 bits per heavy atom. The van der Waals surface area contributed by atoms with Crippen molar-refractivity contribution in [3.05, 3.63) is 63.4 Å². The van der Waals surface area contributed by atoms with Crippen LogP contribution in [0.25, 0.3) is 10.2 Å². The summed E-state index contributed by atoms with van der Waals surface area (Å²) in [5.41, 5.74) is 2.82. The van der Waals surface area contributed by atoms with Gasteiger partial charge in [0.05, 0.1) is 10.2 Å². The zero-order chi connectivity index (χ0) is 15.0. The second-order valence-electron chi connectivity index (χ2n) is 4.79. The molecule has 0 aliphatic heterocycles. The topological polar surface area (TPSA) is 34.4 Å². The Kier molecular flexibility index (Phi) is 3.66. The molecule has 106 valence electrons. The fourth-order valence-electron chi connectivity index (χ4n) is 2.25. The molecule has 0 aliphatic rings. The van der Waals surface area contributed by atoms with E-state index in [0.717, 1.165) is 10.2 Å². The normalized spacial score (nSPS) is 12.0. The third kappa shape index (κ3) is 2.64. The summed E-state index contributed by atoms with van der Waals surface area (Å²) in [6.45, 7) is 2.06. The maximum Gasteiger partial charge on any atom is 0.279 e. The number of hydrogen-bond acceptors (Lipinski definition) is 2. The van der Waals surface area contributed by atoms with Crippen molar-refractivity contribution >= 4 is 39.1 Å². The summed E-state index contributed by atoms with van der Waals surface area (Å²) in [5, 5.41) is 0.606. The van der Waals surface area contributed by atoms with Crippen molar-refractivity contribution in [3.63, 3.8) is 0 Å². The molecular weight excluding hydrogens is 304 g/mol. The molecule has 0 fully saturated rings. The zero-order valence-corrected chi connectivity index (χ0v) is 13.2. The second kappa shape index (κ2) is 5.47. The SMILES string of the molecule is Cc1cccc2sc(=NC(=O)c3ccc(Cl)cc3)n(C)c12. The monoisotopic (exact) mass is 316 g/mol. The third-order valence-corrected chi connectivity index (χ3v) is 4.66. The van der Waals surface area contributed by atoms with Crippen LogP contribution in [0.1, 0.15) is 15.9 Å². The number of carbonyl (C=O) groups is 1. The lowest BCUT2D eigenvalue weighted by molar-refractivity contribution is 0.0998. The Balaban J connectivity index is 2.11. The number of amides is 1. The predicted molar refractivity (Wildman–Crippen MR) is 86.9 cm³/mol. The molecule has 0 N–H and O–H groups in total. The van der Waals surface area contributed by atoms with E-state index < -0.39 is 0 Å². The number of nitrogens with zero attached hydrogens (tertiary/aromatic N) is 2. The molecule has 0 saturated heterocycles. The number of rotatable bonds is 1. The zero-order valence-electron chi connectivity index (χ0n) is 11.6. The molecule has 1 heterocycles. The molecule has 1 amide bonds. The van der Waals surface area contributed by atoms with Gasteiger partial charge in [0, 0.05) is 17.6 Å². The first-order chi connectivity index (χ1) is 10.1. The Morgan fingerprint density at radius 1 is 1.19 bits per heavy atom. The minimum absolute atomic E-state index is 0.258. The van der Waals surface area contributed by atoms with Crippen molar-refractivity contribution in [2.45, 2.75) is 6.92 Å². The number of hydrogen-bond donors (Lipinski definition) is 0. The van der Waals surface area contributed by atoms with Crippen molar-refractivity contribution in [1.29, 1.82) is 0 Å². The van der Waals surface area contributed by atoms with E-state index >= 15 is 0 Å². The Labute approximate surface area is 131 Å². The fraction of sp³-hybridized carbons (Fsp3) is 0.125. The number of para-hydroxylation sites is 1. The van der Waals surface area contributed by atoms with Crippen molar-refractivity contribution in [2.75, 3.05) is 0 Å². The smallest absolute Gasteiger partial charge is 0.279 e. The summed E-state index contributed by atoms with van der Waals surface area (Å²) < 4.78 is 3.09. The van der Waals surface area contributed by atoms with E-state index in [9.17, 15) is 4.79 Å². The Morgan fingerprint density at radius 2 is 1.90 bits per heavy atom. The van der Waals surface area contributed by atoms with Crippen molar-refractivity contribution in [3.8, 4) is 0 Å². The van der Waals surface area contributed by atoms with Crippen molar-refractivity contribution < 1.29 is 4.79 Å². The Bertz CT molecular complexity index is 891. The molecule has 0 spiro atoms. The van der Waals surface area contributed by atoms with Crippen LogP contribution in [-0.2, 0) is 7.05 Å². The van der Waals surface area contributed by atoms with Crippen LogP contribution < -0.4 is 4.80 Å². The number of fused-ring (bicyclic) bond motifs is 1. The highest BCUT2D eigenvalue weighted by molar-refractivity contribution is 7.16. The molecule has 5 heteroatoms. The molecule has 0 aliphatic carbocycles. The molecule has 2 aromatic carbocycles. The maximum absolute atomic E-state index is 12.2. The van der Waals surface area contributed by atoms with Gasteiger partial charge in [0.15, 0.2) is 4.80 Å². The maximum atomic E-state index is 12.2. The summed E-state index contributed by atoms with van der Waals surface area (Å²) in [4.78, 5) is 17.2. The summed E-state index contributed by atoms with van der Waals surface area (Å²) >= 11 is 7.34. The van der Waals surface area contributed by atoms with E-state index in [0.29, 0.717) is 15.4 Å². The van der Waals surface area contributed by atoms with Crippen LogP contribution in [0.5, 0.6) is 0 Å². The molecule has 0 saturated carbocycles. The quantitative estimate of drug-likeness (QED) is 0.669. The van der Waals surface area contributed by atoms with E-state index in [1.807, 2.05) is 23.7 Å². The van der Waals surface area contributed by atoms with E-state index in [1.165, 1.54) is 16.9 Å². The lowest BCUT2D eigenvalue weighted by atomic mass is 10.2. The van der Waals surface area contributed by atoms with Crippen molar-refractivity contribution in [2.24, 2.45) is 12.0 Å². The molecule has 0 unspecified atom stereocenters. The average Bonchev–Trinajstić information content (AvgIpc) is 2.77. The average molecular weight is 317 g/mol. The second-order valence-corrected chi connectivity index (χ2v) is 6.23. The molecule has 3 rings (SSSR count). The highest BCUT2D eigenvalue weighted by Crippen LogP contribution is 2.20. The first-order valence-electron chi connectivity index (χ1n) is 6.46. The molecular formula is C16H13ClN2OS. The van der Waals surface area contributed by atoms with Crippen LogP contribution in [0.15, 0.2) is 47.5 Å². The molecule has 3 nitrogen and oxygen atoms in total. The minimum atomic E-state index is -0.258. The van der Waals surface area contributed by atoms with Gasteiger partial charge in [-0.1, -0.05) is 35.1 Å². The molecule has 0 atom stereocenters. The number of aryl methyl sites for hydroxylation is 2. The lowest BCUT2D eigenvalue weighted by Crippen LogP contribution is -2.13. The standard InChI is InChI=1S/C16H13ClN2OS/c1-10-4-3-5-13-14(10)19(2)16(21-13)18-15(20)11-6-8-12(17)9-7-11/h3-9H,1-2H3. The molecule has 1 aromatic heterocycles. The molecule has 0 bridgehead atoms. The van der Waals surface area contributed by atoms with E-state index in [1.54, 1.807) is 24.3 Å². The van der Waals surface area contributed by atoms with Gasteiger partial charge in [-0.05, 0) is 42.8 Å². The van der Waals surface area contributed by atoms with Crippen LogP contribution in [0, 0.1) is 6.92 Å². The van der Waals surface area contributed by atoms with Gasteiger partial charge in [0.1, 0.15) is 0 Å². The van der Waals surface area contributed by atoms with Gasteiger partial charge in [-0.15, -0.1) is 0 Å². The van der Waals surface area contributed by atoms with E-state index in [4.69, 9.17) is 11.6 Å². The first kappa shape index (κ1) is 14.0. The van der Waals surface area contributed by atoms with Gasteiger partial charge in [0.2, 0.25) is 0 Å². The van der Waals surface area contributed by atoms with Crippen LogP contribution in [0.3, 0.4) is 0 Å². The number of aromatic nitrogens is 1. The fourth-order valence-corrected chi connectivity index (χ4v) is 3.47. The summed E-state index contributed by atoms with van der Waals surface area (Å²) in [5.74, 6) is -0.258. The number of thiazole rings is 1. The summed E-state index contributed by atoms with van der Waals surface area (Å²) in [6, 6.07) is 12.9. The highest BCUT2D eigenvalue weighted by Gasteiger charge is 2.08. The van der Waals surface area contributed by atoms with Gasteiger partial charge >= 0.3 is 0 Å². The molecule has 3 aromatic rings. The van der Waals surface area contributed by atoms with E-state index in [2.05, 4.69) is 18.0 Å². The van der Waals surface area contributed by atoms with Crippen LogP contribution in [0.4, 0.5) is 0 Å². The summed E-state index contributed by atoms with van der Waals surface area (Å²) in [6.07, 6.45) is 0. The number of benzene rings is 2. The largest absolute Gasteiger partial charge is 0.319 e. The molecule has 21 heavy (non-hydrogen) atoms.